The van der Waals surface area contributed by atoms with Crippen molar-refractivity contribution in [2.24, 2.45) is 0 Å². The molecule has 0 atom stereocenters. The van der Waals surface area contributed by atoms with E-state index in [4.69, 9.17) is 48.0 Å². The van der Waals surface area contributed by atoms with Crippen LogP contribution in [0.5, 0.6) is 0 Å². The Labute approximate surface area is 515 Å². The van der Waals surface area contributed by atoms with Crippen molar-refractivity contribution in [3.8, 4) is 79.5 Å². The van der Waals surface area contributed by atoms with Gasteiger partial charge in [0.05, 0.1) is 32.7 Å². The molecule has 14 heteroatoms. The molecule has 426 valence electrons. The second kappa shape index (κ2) is 24.2. The Bertz CT molecular complexity index is 4880. The largest absolute Gasteiger partial charge is 0.495 e. The summed E-state index contributed by atoms with van der Waals surface area (Å²) >= 11 is 3.35. The monoisotopic (exact) mass is 1210 g/mol. The topological polar surface area (TPSA) is 156 Å². The van der Waals surface area contributed by atoms with E-state index in [0.717, 1.165) is 54.4 Å². The van der Waals surface area contributed by atoms with E-state index in [0.29, 0.717) is 78.8 Å². The molecule has 14 aromatic rings. The third kappa shape index (κ3) is 11.6. The zero-order chi connectivity index (χ0) is 60.4. The predicted molar refractivity (Wildman–Crippen MR) is 355 cm³/mol. The zero-order valence-electron chi connectivity index (χ0n) is 48.3. The Morgan fingerprint density at radius 1 is 0.318 bits per heavy atom. The van der Waals surface area contributed by atoms with Crippen molar-refractivity contribution in [2.45, 2.75) is 38.9 Å². The van der Waals surface area contributed by atoms with E-state index in [2.05, 4.69) is 43.6 Å². The molecule has 12 nitrogen and oxygen atoms in total. The van der Waals surface area contributed by atoms with Gasteiger partial charge in [-0.15, -0.1) is 0 Å². The van der Waals surface area contributed by atoms with Gasteiger partial charge in [-0.25, -0.2) is 29.9 Å². The Morgan fingerprint density at radius 3 is 1.12 bits per heavy atom. The SMILES string of the molecule is CC1(C)OB(c2ccccc2-c2nc(-c3ccccc3)nc(-c3ccccc3)n2)OC1(C)C.O=c1c2ccccc2oc2ccc(-c3ccccc3-c3nc(-c4ccccc4)nc(-c4ccccc4)n3)cc12.O=c1c2ccccc2oc2ccc(Br)cc12. The van der Waals surface area contributed by atoms with Gasteiger partial charge >= 0.3 is 7.12 Å². The third-order valence-corrected chi connectivity index (χ3v) is 16.2. The van der Waals surface area contributed by atoms with E-state index in [1.165, 1.54) is 0 Å². The van der Waals surface area contributed by atoms with Crippen LogP contribution in [0.4, 0.5) is 0 Å². The van der Waals surface area contributed by atoms with Crippen LogP contribution in [0.1, 0.15) is 27.7 Å². The maximum atomic E-state index is 13.3. The second-order valence-electron chi connectivity index (χ2n) is 22.0. The van der Waals surface area contributed by atoms with E-state index in [1.807, 2.05) is 224 Å². The van der Waals surface area contributed by atoms with Crippen LogP contribution in [-0.2, 0) is 9.31 Å². The van der Waals surface area contributed by atoms with Crippen LogP contribution >= 0.6 is 15.9 Å². The van der Waals surface area contributed by atoms with Gasteiger partial charge in [-0.05, 0) is 98.9 Å². The molecule has 0 spiro atoms. The van der Waals surface area contributed by atoms with Gasteiger partial charge in [0.1, 0.15) is 22.3 Å². The maximum absolute atomic E-state index is 13.3. The molecular weight excluding hydrogens is 1160 g/mol. The summed E-state index contributed by atoms with van der Waals surface area (Å²) in [6, 6.07) is 81.5. The number of fused-ring (bicyclic) bond motifs is 4. The van der Waals surface area contributed by atoms with Gasteiger partial charge < -0.3 is 18.1 Å². The number of nitrogens with zero attached hydrogens (tertiary/aromatic N) is 6. The fraction of sp³-hybridized carbons (Fsp3) is 0.0811. The minimum absolute atomic E-state index is 0.0122. The molecule has 0 amide bonds. The van der Waals surface area contributed by atoms with Gasteiger partial charge in [-0.1, -0.05) is 216 Å². The minimum Gasteiger partial charge on any atom is -0.456 e. The van der Waals surface area contributed by atoms with Gasteiger partial charge in [-0.2, -0.15) is 0 Å². The Balaban J connectivity index is 0.000000132. The van der Waals surface area contributed by atoms with Crippen molar-refractivity contribution >= 4 is 72.4 Å². The van der Waals surface area contributed by atoms with Crippen molar-refractivity contribution < 1.29 is 18.1 Å². The summed E-state index contributed by atoms with van der Waals surface area (Å²) in [5.41, 5.74) is 9.56. The first-order valence-electron chi connectivity index (χ1n) is 28.7. The first kappa shape index (κ1) is 56.7. The summed E-state index contributed by atoms with van der Waals surface area (Å²) in [7, 11) is -0.511. The molecule has 0 N–H and O–H groups in total. The van der Waals surface area contributed by atoms with Gasteiger partial charge in [0.2, 0.25) is 10.9 Å². The quantitative estimate of drug-likeness (QED) is 0.105. The highest BCUT2D eigenvalue weighted by Crippen LogP contribution is 2.38. The van der Waals surface area contributed by atoms with Crippen molar-refractivity contribution in [1.29, 1.82) is 0 Å². The van der Waals surface area contributed by atoms with Crippen LogP contribution in [0, 0.1) is 0 Å². The highest BCUT2D eigenvalue weighted by Gasteiger charge is 2.52. The third-order valence-electron chi connectivity index (χ3n) is 15.7. The number of aromatic nitrogens is 6. The molecule has 0 saturated carbocycles. The number of hydrogen-bond donors (Lipinski definition) is 0. The van der Waals surface area contributed by atoms with Gasteiger partial charge in [0, 0.05) is 37.9 Å². The Kier molecular flexibility index (Phi) is 15.6. The summed E-state index contributed by atoms with van der Waals surface area (Å²) in [6.07, 6.45) is 0. The molecule has 10 aromatic carbocycles. The normalized spacial score (nSPS) is 13.2. The van der Waals surface area contributed by atoms with Crippen LogP contribution < -0.4 is 16.3 Å². The minimum atomic E-state index is -0.511. The molecule has 1 fully saturated rings. The highest BCUT2D eigenvalue weighted by molar-refractivity contribution is 9.10. The predicted octanol–water partition coefficient (Wildman–Crippen LogP) is 16.7. The van der Waals surface area contributed by atoms with Gasteiger partial charge in [0.15, 0.2) is 34.9 Å². The summed E-state index contributed by atoms with van der Waals surface area (Å²) in [6.45, 7) is 8.22. The Morgan fingerprint density at radius 2 is 0.659 bits per heavy atom. The van der Waals surface area contributed by atoms with E-state index < -0.39 is 18.3 Å². The van der Waals surface area contributed by atoms with E-state index in [-0.39, 0.29) is 10.9 Å². The highest BCUT2D eigenvalue weighted by atomic mass is 79.9. The van der Waals surface area contributed by atoms with E-state index in [9.17, 15) is 9.59 Å². The number of hydrogen-bond acceptors (Lipinski definition) is 12. The molecular formula is C74H54BBrN6O6. The first-order valence-corrected chi connectivity index (χ1v) is 29.5. The molecule has 0 aliphatic carbocycles. The summed E-state index contributed by atoms with van der Waals surface area (Å²) in [4.78, 5) is 54.6. The van der Waals surface area contributed by atoms with Crippen molar-refractivity contribution in [3.63, 3.8) is 0 Å². The fourth-order valence-electron chi connectivity index (χ4n) is 10.4. The lowest BCUT2D eigenvalue weighted by Crippen LogP contribution is -2.41. The van der Waals surface area contributed by atoms with Crippen molar-refractivity contribution in [1.82, 2.24) is 29.9 Å². The van der Waals surface area contributed by atoms with Gasteiger partial charge in [-0.3, -0.25) is 9.59 Å². The smallest absolute Gasteiger partial charge is 0.456 e. The summed E-state index contributed by atoms with van der Waals surface area (Å²) in [5.74, 6) is 3.60. The molecule has 0 radical (unpaired) electrons. The lowest BCUT2D eigenvalue weighted by atomic mass is 9.75. The summed E-state index contributed by atoms with van der Waals surface area (Å²) in [5, 5.41) is 2.32. The average Bonchev–Trinajstić information content (AvgIpc) is 3.09. The van der Waals surface area contributed by atoms with Crippen LogP contribution in [-0.4, -0.2) is 48.2 Å². The number of halogens is 1. The Hall–Kier alpha value is -10.4. The number of rotatable bonds is 8. The number of benzene rings is 10. The molecule has 5 heterocycles. The van der Waals surface area contributed by atoms with Crippen LogP contribution in [0.2, 0.25) is 0 Å². The second-order valence-corrected chi connectivity index (χ2v) is 22.9. The molecule has 1 aliphatic heterocycles. The van der Waals surface area contributed by atoms with Crippen molar-refractivity contribution in [3.05, 3.63) is 280 Å². The number of para-hydroxylation sites is 2. The first-order chi connectivity index (χ1) is 42.8. The molecule has 15 rings (SSSR count). The molecule has 1 aliphatic rings. The van der Waals surface area contributed by atoms with Crippen LogP contribution in [0.25, 0.3) is 123 Å². The van der Waals surface area contributed by atoms with Crippen molar-refractivity contribution in [2.75, 3.05) is 0 Å². The lowest BCUT2D eigenvalue weighted by Gasteiger charge is -2.32. The standard InChI is InChI=1S/C34H21N3O2.C27H26BN3O2.C13H7BrO2/c38-31-27-17-9-10-18-29(27)39-30-20-19-24(21-28(30)31)25-15-7-8-16-26(25)34-36-32(22-11-3-1-4-12-22)35-33(37-34)23-13-5-2-6-14-23;1-26(2)27(3,4)33-28(32-26)22-18-12-11-17-21(22)25-30-23(19-13-7-5-8-14-19)29-24(31-25)20-15-9-6-10-16-20;14-8-5-6-12-10(7-8)13(15)9-3-1-2-4-11(9)16-12/h1-21H;5-18H,1-4H3;1-7H. The van der Waals surface area contributed by atoms with Crippen LogP contribution in [0.15, 0.2) is 278 Å². The van der Waals surface area contributed by atoms with Crippen LogP contribution in [0.3, 0.4) is 0 Å². The molecule has 0 bridgehead atoms. The maximum Gasteiger partial charge on any atom is 0.495 e. The molecule has 0 unspecified atom stereocenters. The lowest BCUT2D eigenvalue weighted by molar-refractivity contribution is 0.00578. The molecule has 4 aromatic heterocycles. The van der Waals surface area contributed by atoms with E-state index >= 15 is 0 Å². The zero-order valence-corrected chi connectivity index (χ0v) is 49.9. The van der Waals surface area contributed by atoms with Gasteiger partial charge in [0.25, 0.3) is 0 Å². The van der Waals surface area contributed by atoms with E-state index in [1.54, 1.807) is 30.3 Å². The molecule has 1 saturated heterocycles. The average molecular weight is 1210 g/mol. The molecule has 88 heavy (non-hydrogen) atoms. The fourth-order valence-corrected chi connectivity index (χ4v) is 10.8. The summed E-state index contributed by atoms with van der Waals surface area (Å²) < 4.78 is 25.3.